The minimum absolute atomic E-state index is 0.396. The Morgan fingerprint density at radius 3 is 3.07 bits per heavy atom. The van der Waals surface area contributed by atoms with E-state index in [4.69, 9.17) is 5.26 Å². The Morgan fingerprint density at radius 2 is 2.40 bits per heavy atom. The number of nitrogens with zero attached hydrogens (tertiary/aromatic N) is 1. The minimum Gasteiger partial charge on any atom is -0.385 e. The van der Waals surface area contributed by atoms with Gasteiger partial charge in [-0.15, -0.1) is 0 Å². The van der Waals surface area contributed by atoms with E-state index in [1.807, 2.05) is 12.2 Å². The number of nitriles is 1. The number of allylic oxidation sites excluding steroid dienone is 2. The highest BCUT2D eigenvalue weighted by Crippen LogP contribution is 2.20. The van der Waals surface area contributed by atoms with Gasteiger partial charge in [-0.05, 0) is 44.1 Å². The Labute approximate surface area is 91.9 Å². The third-order valence-electron chi connectivity index (χ3n) is 2.68. The number of unbranched alkanes of at least 4 members (excludes halogenated alkanes) is 2. The summed E-state index contributed by atoms with van der Waals surface area (Å²) in [6.45, 7) is 0. The lowest BCUT2D eigenvalue weighted by Crippen LogP contribution is -2.09. The van der Waals surface area contributed by atoms with Crippen LogP contribution in [0.15, 0.2) is 23.8 Å². The molecule has 1 N–H and O–H groups in total. The number of rotatable bonds is 5. The fraction of sp³-hybridized carbons (Fsp3) is 0.615. The molecule has 0 aromatic carbocycles. The standard InChI is InChI=1S/C13H19NO/c14-11-7-2-1-6-10-13(15)12-8-4-3-5-9-12/h6,8,10,13,15H,1-5,7,9H2/b10-6+/t13-/m1/s1. The van der Waals surface area contributed by atoms with Gasteiger partial charge in [-0.2, -0.15) is 5.26 Å². The van der Waals surface area contributed by atoms with Crippen molar-refractivity contribution in [2.24, 2.45) is 0 Å². The first-order valence-corrected chi connectivity index (χ1v) is 5.75. The largest absolute Gasteiger partial charge is 0.385 e. The molecule has 0 unspecified atom stereocenters. The molecule has 0 aliphatic heterocycles. The molecule has 0 aromatic rings. The first-order chi connectivity index (χ1) is 7.34. The van der Waals surface area contributed by atoms with E-state index in [0.29, 0.717) is 6.42 Å². The monoisotopic (exact) mass is 205 g/mol. The highest BCUT2D eigenvalue weighted by molar-refractivity contribution is 5.16. The normalized spacial score (nSPS) is 18.5. The summed E-state index contributed by atoms with van der Waals surface area (Å²) in [5.74, 6) is 0. The first kappa shape index (κ1) is 12.0. The minimum atomic E-state index is -0.396. The van der Waals surface area contributed by atoms with Crippen LogP contribution in [0.2, 0.25) is 0 Å². The van der Waals surface area contributed by atoms with Crippen molar-refractivity contribution >= 4 is 0 Å². The Hall–Kier alpha value is -1.07. The molecule has 1 atom stereocenters. The van der Waals surface area contributed by atoms with E-state index in [1.54, 1.807) is 0 Å². The topological polar surface area (TPSA) is 44.0 Å². The zero-order valence-electron chi connectivity index (χ0n) is 9.15. The number of hydrogen-bond acceptors (Lipinski definition) is 2. The van der Waals surface area contributed by atoms with Crippen molar-refractivity contribution < 1.29 is 5.11 Å². The van der Waals surface area contributed by atoms with E-state index in [-0.39, 0.29) is 0 Å². The van der Waals surface area contributed by atoms with Gasteiger partial charge in [0.25, 0.3) is 0 Å². The molecule has 2 heteroatoms. The van der Waals surface area contributed by atoms with Crippen LogP contribution in [0, 0.1) is 11.3 Å². The fourth-order valence-electron chi connectivity index (χ4n) is 1.78. The zero-order valence-corrected chi connectivity index (χ0v) is 9.15. The maximum Gasteiger partial charge on any atom is 0.0931 e. The van der Waals surface area contributed by atoms with Crippen LogP contribution >= 0.6 is 0 Å². The summed E-state index contributed by atoms with van der Waals surface area (Å²) in [5.41, 5.74) is 1.16. The molecule has 1 aliphatic carbocycles. The van der Waals surface area contributed by atoms with Gasteiger partial charge in [0.1, 0.15) is 0 Å². The van der Waals surface area contributed by atoms with Crippen molar-refractivity contribution in [3.63, 3.8) is 0 Å². The van der Waals surface area contributed by atoms with Crippen LogP contribution < -0.4 is 0 Å². The number of aliphatic hydroxyl groups excluding tert-OH is 1. The molecule has 1 aliphatic rings. The lowest BCUT2D eigenvalue weighted by atomic mass is 9.95. The second-order valence-electron chi connectivity index (χ2n) is 3.95. The summed E-state index contributed by atoms with van der Waals surface area (Å²) in [5, 5.41) is 18.2. The molecule has 0 saturated carbocycles. The smallest absolute Gasteiger partial charge is 0.0931 e. The van der Waals surface area contributed by atoms with Gasteiger partial charge in [-0.1, -0.05) is 18.2 Å². The third kappa shape index (κ3) is 4.80. The number of aliphatic hydroxyl groups is 1. The van der Waals surface area contributed by atoms with Gasteiger partial charge in [0, 0.05) is 6.42 Å². The van der Waals surface area contributed by atoms with Gasteiger partial charge in [0.05, 0.1) is 12.2 Å². The molecule has 0 radical (unpaired) electrons. The van der Waals surface area contributed by atoms with Crippen LogP contribution in [0.4, 0.5) is 0 Å². The van der Waals surface area contributed by atoms with E-state index in [9.17, 15) is 5.11 Å². The van der Waals surface area contributed by atoms with E-state index in [1.165, 1.54) is 12.8 Å². The van der Waals surface area contributed by atoms with Crippen molar-refractivity contribution in [1.82, 2.24) is 0 Å². The zero-order chi connectivity index (χ0) is 10.9. The van der Waals surface area contributed by atoms with Gasteiger partial charge in [0.15, 0.2) is 0 Å². The number of hydrogen-bond donors (Lipinski definition) is 1. The lowest BCUT2D eigenvalue weighted by molar-refractivity contribution is 0.251. The highest BCUT2D eigenvalue weighted by atomic mass is 16.3. The Balaban J connectivity index is 2.25. The fourth-order valence-corrected chi connectivity index (χ4v) is 1.78. The van der Waals surface area contributed by atoms with E-state index >= 15 is 0 Å². The van der Waals surface area contributed by atoms with E-state index < -0.39 is 6.10 Å². The molecule has 82 valence electrons. The third-order valence-corrected chi connectivity index (χ3v) is 2.68. The summed E-state index contributed by atoms with van der Waals surface area (Å²) in [4.78, 5) is 0. The van der Waals surface area contributed by atoms with Crippen LogP contribution in [0.3, 0.4) is 0 Å². The molecule has 0 aromatic heterocycles. The highest BCUT2D eigenvalue weighted by Gasteiger charge is 2.09. The maximum absolute atomic E-state index is 9.81. The quantitative estimate of drug-likeness (QED) is 0.553. The van der Waals surface area contributed by atoms with Gasteiger partial charge in [-0.3, -0.25) is 0 Å². The molecule has 0 fully saturated rings. The van der Waals surface area contributed by atoms with E-state index in [0.717, 1.165) is 31.3 Å². The molecule has 0 spiro atoms. The molecule has 0 amide bonds. The van der Waals surface area contributed by atoms with Crippen molar-refractivity contribution in [2.75, 3.05) is 0 Å². The molecule has 2 nitrogen and oxygen atoms in total. The molecule has 15 heavy (non-hydrogen) atoms. The second-order valence-corrected chi connectivity index (χ2v) is 3.95. The predicted octanol–water partition coefficient (Wildman–Crippen LogP) is 3.10. The maximum atomic E-state index is 9.81. The summed E-state index contributed by atoms with van der Waals surface area (Å²) < 4.78 is 0. The molecular formula is C13H19NO. The molecule has 1 rings (SSSR count). The Morgan fingerprint density at radius 1 is 1.53 bits per heavy atom. The Bertz CT molecular complexity index is 273. The van der Waals surface area contributed by atoms with Gasteiger partial charge in [0.2, 0.25) is 0 Å². The van der Waals surface area contributed by atoms with Crippen LogP contribution in [0.25, 0.3) is 0 Å². The second kappa shape index (κ2) is 7.25. The average molecular weight is 205 g/mol. The van der Waals surface area contributed by atoms with Gasteiger partial charge < -0.3 is 5.11 Å². The molecule has 0 bridgehead atoms. The summed E-state index contributed by atoms with van der Waals surface area (Å²) in [7, 11) is 0. The Kier molecular flexibility index (Phi) is 5.80. The van der Waals surface area contributed by atoms with Crippen molar-refractivity contribution in [1.29, 1.82) is 5.26 Å². The van der Waals surface area contributed by atoms with Crippen LogP contribution in [-0.4, -0.2) is 11.2 Å². The first-order valence-electron chi connectivity index (χ1n) is 5.75. The molecule has 0 heterocycles. The average Bonchev–Trinajstić information content (AvgIpc) is 2.30. The summed E-state index contributed by atoms with van der Waals surface area (Å²) in [6, 6.07) is 2.11. The van der Waals surface area contributed by atoms with Crippen molar-refractivity contribution in [3.05, 3.63) is 23.8 Å². The van der Waals surface area contributed by atoms with Crippen molar-refractivity contribution in [2.45, 2.75) is 51.0 Å². The van der Waals surface area contributed by atoms with Gasteiger partial charge in [-0.25, -0.2) is 0 Å². The van der Waals surface area contributed by atoms with Crippen molar-refractivity contribution in [3.8, 4) is 6.07 Å². The SMILES string of the molecule is N#CCCC/C=C/[C@@H](O)C1=CCCCC1. The van der Waals surface area contributed by atoms with Crippen LogP contribution in [-0.2, 0) is 0 Å². The molecular weight excluding hydrogens is 186 g/mol. The summed E-state index contributed by atoms with van der Waals surface area (Å²) in [6.07, 6.45) is 12.6. The lowest BCUT2D eigenvalue weighted by Gasteiger charge is -2.15. The van der Waals surface area contributed by atoms with Crippen LogP contribution in [0.5, 0.6) is 0 Å². The van der Waals surface area contributed by atoms with E-state index in [2.05, 4.69) is 12.1 Å². The summed E-state index contributed by atoms with van der Waals surface area (Å²) >= 11 is 0. The van der Waals surface area contributed by atoms with Crippen LogP contribution in [0.1, 0.15) is 44.9 Å². The van der Waals surface area contributed by atoms with Gasteiger partial charge >= 0.3 is 0 Å². The molecule has 0 saturated heterocycles. The predicted molar refractivity (Wildman–Crippen MR) is 61.2 cm³/mol.